The van der Waals surface area contributed by atoms with Crippen molar-refractivity contribution in [2.45, 2.75) is 12.5 Å². The van der Waals surface area contributed by atoms with Crippen molar-refractivity contribution in [2.75, 3.05) is 0 Å². The molecule has 1 heterocycles. The number of hydrogen-bond acceptors (Lipinski definition) is 2. The summed E-state index contributed by atoms with van der Waals surface area (Å²) >= 11 is 9.50. The monoisotopic (exact) mass is 469 g/mol. The van der Waals surface area contributed by atoms with E-state index in [-0.39, 0.29) is 16.5 Å². The van der Waals surface area contributed by atoms with E-state index in [1.807, 2.05) is 0 Å². The van der Waals surface area contributed by atoms with E-state index in [9.17, 15) is 13.9 Å². The smallest absolute Gasteiger partial charge is 0.143 e. The topological polar surface area (TPSA) is 33.1 Å². The van der Waals surface area contributed by atoms with Crippen molar-refractivity contribution < 1.29 is 13.9 Å². The number of benzene rings is 1. The molecule has 2 nitrogen and oxygen atoms in total. The predicted molar refractivity (Wildman–Crippen MR) is 82.4 cm³/mol. The lowest BCUT2D eigenvalue weighted by molar-refractivity contribution is 0.170. The van der Waals surface area contributed by atoms with Gasteiger partial charge in [-0.3, -0.25) is 4.98 Å². The van der Waals surface area contributed by atoms with E-state index >= 15 is 0 Å². The summed E-state index contributed by atoms with van der Waals surface area (Å²) in [6.45, 7) is 0. The summed E-state index contributed by atoms with van der Waals surface area (Å²) in [5, 5.41) is 10.1. The van der Waals surface area contributed by atoms with E-state index in [2.05, 4.69) is 52.8 Å². The molecule has 106 valence electrons. The number of aliphatic hydroxyl groups is 1. The molecule has 0 amide bonds. The molecule has 1 unspecified atom stereocenters. The van der Waals surface area contributed by atoms with Gasteiger partial charge in [0.25, 0.3) is 0 Å². The van der Waals surface area contributed by atoms with E-state index in [0.29, 0.717) is 10.2 Å². The number of nitrogens with zero attached hydrogens (tertiary/aromatic N) is 1. The van der Waals surface area contributed by atoms with E-state index < -0.39 is 17.7 Å². The lowest BCUT2D eigenvalue weighted by atomic mass is 10.0. The van der Waals surface area contributed by atoms with Gasteiger partial charge in [-0.15, -0.1) is 0 Å². The van der Waals surface area contributed by atoms with Gasteiger partial charge in [0.05, 0.1) is 10.2 Å². The fourth-order valence-electron chi connectivity index (χ4n) is 1.72. The van der Waals surface area contributed by atoms with Crippen LogP contribution in [0.4, 0.5) is 8.78 Å². The lowest BCUT2D eigenvalue weighted by Gasteiger charge is -2.13. The molecule has 20 heavy (non-hydrogen) atoms. The Bertz CT molecular complexity index is 652. The fraction of sp³-hybridized carbons (Fsp3) is 0.154. The van der Waals surface area contributed by atoms with Gasteiger partial charge < -0.3 is 5.11 Å². The molecular formula is C13H8Br3F2NO. The first-order valence-electron chi connectivity index (χ1n) is 5.51. The molecule has 1 atom stereocenters. The zero-order chi connectivity index (χ0) is 14.9. The van der Waals surface area contributed by atoms with E-state index in [0.717, 1.165) is 10.5 Å². The van der Waals surface area contributed by atoms with Crippen molar-refractivity contribution in [1.29, 1.82) is 0 Å². The molecule has 0 saturated heterocycles. The molecule has 0 saturated carbocycles. The van der Waals surface area contributed by atoms with Crippen LogP contribution >= 0.6 is 47.8 Å². The van der Waals surface area contributed by atoms with Crippen molar-refractivity contribution in [3.63, 3.8) is 0 Å². The summed E-state index contributed by atoms with van der Waals surface area (Å²) in [5.41, 5.74) is 0.149. The van der Waals surface area contributed by atoms with Gasteiger partial charge >= 0.3 is 0 Å². The van der Waals surface area contributed by atoms with E-state index in [1.165, 1.54) is 12.3 Å². The Labute approximate surface area is 139 Å². The summed E-state index contributed by atoms with van der Waals surface area (Å²) in [7, 11) is 0. The highest BCUT2D eigenvalue weighted by Gasteiger charge is 2.20. The number of pyridine rings is 1. The third-order valence-corrected chi connectivity index (χ3v) is 4.37. The van der Waals surface area contributed by atoms with E-state index in [1.54, 1.807) is 6.07 Å². The van der Waals surface area contributed by atoms with Crippen LogP contribution in [0.3, 0.4) is 0 Å². The quantitative estimate of drug-likeness (QED) is 0.644. The maximum Gasteiger partial charge on any atom is 0.143 e. The van der Waals surface area contributed by atoms with Crippen molar-refractivity contribution in [3.8, 4) is 0 Å². The summed E-state index contributed by atoms with van der Waals surface area (Å²) < 4.78 is 29.0. The molecule has 0 radical (unpaired) electrons. The van der Waals surface area contributed by atoms with Crippen LogP contribution < -0.4 is 0 Å². The van der Waals surface area contributed by atoms with Gasteiger partial charge in [0.2, 0.25) is 0 Å². The van der Waals surface area contributed by atoms with Crippen LogP contribution in [0.15, 0.2) is 37.8 Å². The van der Waals surface area contributed by atoms with Gasteiger partial charge in [-0.2, -0.15) is 0 Å². The Morgan fingerprint density at radius 1 is 1.15 bits per heavy atom. The highest BCUT2D eigenvalue weighted by Crippen LogP contribution is 2.29. The summed E-state index contributed by atoms with van der Waals surface area (Å²) in [4.78, 5) is 4.06. The molecule has 2 aromatic rings. The first-order chi connectivity index (χ1) is 9.40. The fourth-order valence-corrected chi connectivity index (χ4v) is 3.34. The van der Waals surface area contributed by atoms with Crippen LogP contribution in [0.2, 0.25) is 0 Å². The number of aliphatic hydroxyl groups excluding tert-OH is 1. The second kappa shape index (κ2) is 6.60. The van der Waals surface area contributed by atoms with Crippen molar-refractivity contribution >= 4 is 47.8 Å². The zero-order valence-electron chi connectivity index (χ0n) is 9.88. The van der Waals surface area contributed by atoms with Gasteiger partial charge in [0.15, 0.2) is 0 Å². The first-order valence-corrected chi connectivity index (χ1v) is 7.89. The molecule has 0 fully saturated rings. The van der Waals surface area contributed by atoms with Crippen LogP contribution in [0.1, 0.15) is 17.4 Å². The van der Waals surface area contributed by atoms with Crippen molar-refractivity contribution in [1.82, 2.24) is 4.98 Å². The lowest BCUT2D eigenvalue weighted by Crippen LogP contribution is -2.08. The SMILES string of the molecule is OC(Cc1c(F)ccc(Br)c1F)c1ncc(Br)cc1Br. The largest absolute Gasteiger partial charge is 0.386 e. The summed E-state index contributed by atoms with van der Waals surface area (Å²) in [6, 6.07) is 4.15. The number of halogens is 5. The molecule has 2 rings (SSSR count). The Kier molecular flexibility index (Phi) is 5.28. The van der Waals surface area contributed by atoms with E-state index in [4.69, 9.17) is 0 Å². The Hall–Kier alpha value is -0.370. The van der Waals surface area contributed by atoms with Crippen molar-refractivity contribution in [2.24, 2.45) is 0 Å². The minimum Gasteiger partial charge on any atom is -0.386 e. The van der Waals surface area contributed by atoms with Gasteiger partial charge in [-0.1, -0.05) is 0 Å². The van der Waals surface area contributed by atoms with Gasteiger partial charge in [-0.25, -0.2) is 8.78 Å². The second-order valence-corrected chi connectivity index (χ2v) is 6.69. The Morgan fingerprint density at radius 2 is 1.85 bits per heavy atom. The molecule has 1 aromatic heterocycles. The second-order valence-electron chi connectivity index (χ2n) is 4.06. The Balaban J connectivity index is 2.32. The Morgan fingerprint density at radius 3 is 2.50 bits per heavy atom. The third kappa shape index (κ3) is 3.44. The van der Waals surface area contributed by atoms with Crippen LogP contribution in [0.5, 0.6) is 0 Å². The highest BCUT2D eigenvalue weighted by atomic mass is 79.9. The van der Waals surface area contributed by atoms with Gasteiger partial charge in [0, 0.05) is 27.1 Å². The molecule has 0 aliphatic carbocycles. The maximum atomic E-state index is 13.9. The van der Waals surface area contributed by atoms with Crippen LogP contribution in [-0.4, -0.2) is 10.1 Å². The van der Waals surface area contributed by atoms with Crippen LogP contribution in [-0.2, 0) is 6.42 Å². The molecule has 1 N–H and O–H groups in total. The molecule has 0 bridgehead atoms. The zero-order valence-corrected chi connectivity index (χ0v) is 14.6. The summed E-state index contributed by atoms with van der Waals surface area (Å²) in [6.07, 6.45) is 0.192. The molecule has 0 spiro atoms. The number of aromatic nitrogens is 1. The average molecular weight is 472 g/mol. The van der Waals surface area contributed by atoms with Crippen LogP contribution in [0, 0.1) is 11.6 Å². The maximum absolute atomic E-state index is 13.9. The predicted octanol–water partition coefficient (Wildman–Crippen LogP) is 4.92. The van der Waals surface area contributed by atoms with Crippen LogP contribution in [0.25, 0.3) is 0 Å². The molecule has 0 aliphatic heterocycles. The minimum atomic E-state index is -1.12. The number of hydrogen-bond donors (Lipinski definition) is 1. The molecule has 7 heteroatoms. The summed E-state index contributed by atoms with van der Waals surface area (Å²) in [5.74, 6) is -1.41. The van der Waals surface area contributed by atoms with Crippen molar-refractivity contribution in [3.05, 3.63) is 60.7 Å². The average Bonchev–Trinajstić information content (AvgIpc) is 2.39. The standard InChI is InChI=1S/C13H8Br3F2NO/c14-6-3-9(16)13(19-5-6)11(20)4-7-10(17)2-1-8(15)12(7)18/h1-3,5,11,20H,4H2. The van der Waals surface area contributed by atoms with Gasteiger partial charge in [0.1, 0.15) is 17.7 Å². The molecular weight excluding hydrogens is 464 g/mol. The highest BCUT2D eigenvalue weighted by molar-refractivity contribution is 9.11. The normalized spacial score (nSPS) is 12.5. The third-order valence-electron chi connectivity index (χ3n) is 2.69. The number of rotatable bonds is 3. The molecule has 1 aromatic carbocycles. The first kappa shape index (κ1) is 16.0. The molecule has 0 aliphatic rings. The minimum absolute atomic E-state index is 0.156. The van der Waals surface area contributed by atoms with Gasteiger partial charge in [-0.05, 0) is 66.0 Å².